The van der Waals surface area contributed by atoms with E-state index in [-0.39, 0.29) is 18.6 Å². The van der Waals surface area contributed by atoms with E-state index >= 15 is 0 Å². The van der Waals surface area contributed by atoms with Crippen LogP contribution in [0.1, 0.15) is 18.9 Å². The fourth-order valence-corrected chi connectivity index (χ4v) is 2.13. The number of hydrogen-bond donors (Lipinski definition) is 2. The van der Waals surface area contributed by atoms with Crippen molar-refractivity contribution in [1.29, 1.82) is 0 Å². The Morgan fingerprint density at radius 2 is 2.44 bits per heavy atom. The van der Waals surface area contributed by atoms with Gasteiger partial charge in [-0.1, -0.05) is 18.5 Å². The molecule has 2 atom stereocenters. The number of carbonyl (C=O) groups excluding carboxylic acids is 1. The Hall–Kier alpha value is -1.26. The highest BCUT2D eigenvalue weighted by atomic mass is 35.5. The standard InChI is InChI=1S/C13H16ClNO3/c1-2-10(7-16)15-13(17)12-6-8-5-9(14)3-4-11(8)18-12/h3-5,10,12,16H,2,6-7H2,1H3,(H,15,17)/t10-,12?/m0/s1. The second kappa shape index (κ2) is 5.59. The van der Waals surface area contributed by atoms with Crippen molar-refractivity contribution in [2.24, 2.45) is 0 Å². The molecule has 0 aliphatic carbocycles. The molecule has 0 aromatic heterocycles. The smallest absolute Gasteiger partial charge is 0.261 e. The molecule has 0 fully saturated rings. The molecule has 0 saturated carbocycles. The molecule has 2 rings (SSSR count). The number of carbonyl (C=O) groups is 1. The summed E-state index contributed by atoms with van der Waals surface area (Å²) in [4.78, 5) is 11.9. The molecule has 2 N–H and O–H groups in total. The molecule has 0 saturated heterocycles. The lowest BCUT2D eigenvalue weighted by atomic mass is 10.1. The van der Waals surface area contributed by atoms with Gasteiger partial charge >= 0.3 is 0 Å². The summed E-state index contributed by atoms with van der Waals surface area (Å²) in [7, 11) is 0. The fraction of sp³-hybridized carbons (Fsp3) is 0.462. The quantitative estimate of drug-likeness (QED) is 0.872. The Kier molecular flexibility index (Phi) is 4.09. The van der Waals surface area contributed by atoms with Crippen molar-refractivity contribution in [2.75, 3.05) is 6.61 Å². The summed E-state index contributed by atoms with van der Waals surface area (Å²) < 4.78 is 5.56. The zero-order valence-corrected chi connectivity index (χ0v) is 10.9. The molecule has 1 amide bonds. The van der Waals surface area contributed by atoms with Crippen LogP contribution >= 0.6 is 11.6 Å². The number of rotatable bonds is 4. The van der Waals surface area contributed by atoms with Gasteiger partial charge in [-0.3, -0.25) is 4.79 Å². The highest BCUT2D eigenvalue weighted by Crippen LogP contribution is 2.31. The third-order valence-corrected chi connectivity index (χ3v) is 3.28. The maximum absolute atomic E-state index is 11.9. The van der Waals surface area contributed by atoms with Gasteiger partial charge in [-0.25, -0.2) is 0 Å². The molecule has 4 nitrogen and oxygen atoms in total. The fourth-order valence-electron chi connectivity index (χ4n) is 1.93. The number of aliphatic hydroxyl groups excluding tert-OH is 1. The van der Waals surface area contributed by atoms with Crippen LogP contribution in [0.15, 0.2) is 18.2 Å². The van der Waals surface area contributed by atoms with Gasteiger partial charge in [0, 0.05) is 11.4 Å². The number of nitrogens with one attached hydrogen (secondary N) is 1. The molecule has 98 valence electrons. The van der Waals surface area contributed by atoms with Crippen LogP contribution in [-0.2, 0) is 11.2 Å². The minimum absolute atomic E-state index is 0.0618. The van der Waals surface area contributed by atoms with Gasteiger partial charge in [-0.2, -0.15) is 0 Å². The largest absolute Gasteiger partial charge is 0.480 e. The molecule has 0 spiro atoms. The van der Waals surface area contributed by atoms with Gasteiger partial charge in [0.2, 0.25) is 0 Å². The van der Waals surface area contributed by atoms with E-state index in [9.17, 15) is 4.79 Å². The molecule has 1 aliphatic rings. The molecule has 0 bridgehead atoms. The van der Waals surface area contributed by atoms with Crippen molar-refractivity contribution >= 4 is 17.5 Å². The topological polar surface area (TPSA) is 58.6 Å². The summed E-state index contributed by atoms with van der Waals surface area (Å²) in [5.74, 6) is 0.514. The van der Waals surface area contributed by atoms with E-state index in [0.29, 0.717) is 23.6 Å². The van der Waals surface area contributed by atoms with Gasteiger partial charge in [0.1, 0.15) is 5.75 Å². The predicted octanol–water partition coefficient (Wildman–Crippen LogP) is 1.53. The molecule has 1 unspecified atom stereocenters. The number of benzene rings is 1. The Morgan fingerprint density at radius 3 is 3.11 bits per heavy atom. The molecule has 18 heavy (non-hydrogen) atoms. The highest BCUT2D eigenvalue weighted by molar-refractivity contribution is 6.30. The summed E-state index contributed by atoms with van der Waals surface area (Å²) in [6.45, 7) is 1.85. The van der Waals surface area contributed by atoms with E-state index in [1.165, 1.54) is 0 Å². The van der Waals surface area contributed by atoms with Crippen molar-refractivity contribution in [2.45, 2.75) is 31.9 Å². The van der Waals surface area contributed by atoms with Crippen LogP contribution in [0, 0.1) is 0 Å². The second-order valence-corrected chi connectivity index (χ2v) is 4.80. The molecular weight excluding hydrogens is 254 g/mol. The number of fused-ring (bicyclic) bond motifs is 1. The van der Waals surface area contributed by atoms with Crippen LogP contribution in [0.5, 0.6) is 5.75 Å². The third kappa shape index (κ3) is 2.76. The SMILES string of the molecule is CC[C@@H](CO)NC(=O)C1Cc2cc(Cl)ccc2O1. The van der Waals surface area contributed by atoms with Gasteiger partial charge in [-0.15, -0.1) is 0 Å². The van der Waals surface area contributed by atoms with Gasteiger partial charge in [-0.05, 0) is 30.2 Å². The first-order valence-corrected chi connectivity index (χ1v) is 6.38. The van der Waals surface area contributed by atoms with Gasteiger partial charge < -0.3 is 15.2 Å². The Balaban J connectivity index is 2.00. The van der Waals surface area contributed by atoms with Gasteiger partial charge in [0.25, 0.3) is 5.91 Å². The zero-order valence-electron chi connectivity index (χ0n) is 10.1. The third-order valence-electron chi connectivity index (χ3n) is 3.05. The van der Waals surface area contributed by atoms with E-state index in [1.54, 1.807) is 12.1 Å². The summed E-state index contributed by atoms with van der Waals surface area (Å²) in [5, 5.41) is 12.5. The molecule has 5 heteroatoms. The lowest BCUT2D eigenvalue weighted by Crippen LogP contribution is -2.44. The van der Waals surface area contributed by atoms with Crippen molar-refractivity contribution < 1.29 is 14.6 Å². The molecule has 1 aromatic rings. The highest BCUT2D eigenvalue weighted by Gasteiger charge is 2.30. The first kappa shape index (κ1) is 13.2. The van der Waals surface area contributed by atoms with Crippen molar-refractivity contribution in [3.05, 3.63) is 28.8 Å². The number of hydrogen-bond acceptors (Lipinski definition) is 3. The van der Waals surface area contributed by atoms with Gasteiger partial charge in [0.15, 0.2) is 6.10 Å². The predicted molar refractivity (Wildman–Crippen MR) is 68.9 cm³/mol. The Morgan fingerprint density at radius 1 is 1.67 bits per heavy atom. The molecule has 1 aromatic carbocycles. The molecule has 1 heterocycles. The van der Waals surface area contributed by atoms with E-state index in [2.05, 4.69) is 5.32 Å². The summed E-state index contributed by atoms with van der Waals surface area (Å²) >= 11 is 5.89. The normalized spacial score (nSPS) is 18.9. The monoisotopic (exact) mass is 269 g/mol. The molecule has 0 radical (unpaired) electrons. The zero-order chi connectivity index (χ0) is 13.1. The summed E-state index contributed by atoms with van der Waals surface area (Å²) in [6.07, 6.45) is 0.677. The second-order valence-electron chi connectivity index (χ2n) is 4.36. The average Bonchev–Trinajstić information content (AvgIpc) is 2.78. The van der Waals surface area contributed by atoms with Crippen LogP contribution in [0.4, 0.5) is 0 Å². The summed E-state index contributed by atoms with van der Waals surface area (Å²) in [6, 6.07) is 5.11. The van der Waals surface area contributed by atoms with E-state index in [0.717, 1.165) is 5.56 Å². The van der Waals surface area contributed by atoms with Crippen LogP contribution < -0.4 is 10.1 Å². The maximum Gasteiger partial charge on any atom is 0.261 e. The molecular formula is C13H16ClNO3. The number of aliphatic hydroxyl groups is 1. The van der Waals surface area contributed by atoms with Crippen LogP contribution in [-0.4, -0.2) is 29.8 Å². The number of ether oxygens (including phenoxy) is 1. The lowest BCUT2D eigenvalue weighted by Gasteiger charge is -2.17. The molecule has 1 aliphatic heterocycles. The first-order valence-electron chi connectivity index (χ1n) is 6.00. The summed E-state index contributed by atoms with van der Waals surface area (Å²) in [5.41, 5.74) is 0.944. The van der Waals surface area contributed by atoms with Crippen LogP contribution in [0.3, 0.4) is 0 Å². The van der Waals surface area contributed by atoms with Crippen molar-refractivity contribution in [3.8, 4) is 5.75 Å². The number of amides is 1. The average molecular weight is 270 g/mol. The van der Waals surface area contributed by atoms with Crippen LogP contribution in [0.25, 0.3) is 0 Å². The van der Waals surface area contributed by atoms with E-state index in [1.807, 2.05) is 13.0 Å². The van der Waals surface area contributed by atoms with Gasteiger partial charge in [0.05, 0.1) is 12.6 Å². The Bertz CT molecular complexity index is 446. The number of halogens is 1. The minimum Gasteiger partial charge on any atom is -0.480 e. The first-order chi connectivity index (χ1) is 8.63. The van der Waals surface area contributed by atoms with E-state index < -0.39 is 6.10 Å². The van der Waals surface area contributed by atoms with Crippen molar-refractivity contribution in [1.82, 2.24) is 5.32 Å². The maximum atomic E-state index is 11.9. The van der Waals surface area contributed by atoms with Crippen LogP contribution in [0.2, 0.25) is 5.02 Å². The van der Waals surface area contributed by atoms with E-state index in [4.69, 9.17) is 21.4 Å². The minimum atomic E-state index is -0.529. The van der Waals surface area contributed by atoms with Crippen molar-refractivity contribution in [3.63, 3.8) is 0 Å². The lowest BCUT2D eigenvalue weighted by molar-refractivity contribution is -0.128. The Labute approximate surface area is 111 Å².